The van der Waals surface area contributed by atoms with Gasteiger partial charge in [-0.15, -0.1) is 0 Å². The lowest BCUT2D eigenvalue weighted by Gasteiger charge is -2.43. The monoisotopic (exact) mass is 770 g/mol. The average molecular weight is 771 g/mol. The Balaban J connectivity index is 1.28. The lowest BCUT2D eigenvalue weighted by atomic mass is 9.98. The first kappa shape index (κ1) is 40.2. The van der Waals surface area contributed by atoms with Crippen LogP contribution in [0.2, 0.25) is 0 Å². The van der Waals surface area contributed by atoms with Gasteiger partial charge in [0.1, 0.15) is 22.6 Å². The van der Waals surface area contributed by atoms with Crippen LogP contribution in [-0.2, 0) is 16.5 Å². The number of aryl methyl sites for hydroxylation is 1. The minimum Gasteiger partial charge on any atom is -0.494 e. The average Bonchev–Trinajstić information content (AvgIpc) is 3.49. The second kappa shape index (κ2) is 16.3. The number of nitrogens with one attached hydrogen (secondary N) is 1. The van der Waals surface area contributed by atoms with Crippen LogP contribution in [0.1, 0.15) is 83.3 Å². The normalized spacial score (nSPS) is 15.8. The fraction of sp³-hybridized carbons (Fsp3) is 0.512. The van der Waals surface area contributed by atoms with Gasteiger partial charge in [-0.3, -0.25) is 15.0 Å². The van der Waals surface area contributed by atoms with E-state index in [9.17, 15) is 19.7 Å². The predicted molar refractivity (Wildman–Crippen MR) is 216 cm³/mol. The molecule has 4 heterocycles. The number of nitrogens with zero attached hydrogens (tertiary/aromatic N) is 7. The third-order valence-corrected chi connectivity index (χ3v) is 10.2. The van der Waals surface area contributed by atoms with Gasteiger partial charge in [-0.2, -0.15) is 0 Å². The number of amides is 1. The number of methoxy groups -OCH3 is 1. The second-order valence-electron chi connectivity index (χ2n) is 16.1. The van der Waals surface area contributed by atoms with Crippen LogP contribution in [0.3, 0.4) is 0 Å². The highest BCUT2D eigenvalue weighted by Gasteiger charge is 2.33. The molecule has 15 nitrogen and oxygen atoms in total. The van der Waals surface area contributed by atoms with Crippen LogP contribution in [0.5, 0.6) is 5.75 Å². The molecule has 0 bridgehead atoms. The SMILES string of the molecule is COc1cc(N2CCC(N3CCN(C(=O)OC(C)(C)C)CC3)CC2)c([N+](=O)[O-])cc1Nc1nc(-c2cn(C)c3ccccc23)c(C(=O)OC(C)C)c(C(C)C)n1. The van der Waals surface area contributed by atoms with Crippen molar-refractivity contribution in [1.29, 1.82) is 0 Å². The Bertz CT molecular complexity index is 2090. The molecule has 2 aromatic carbocycles. The second-order valence-corrected chi connectivity index (χ2v) is 16.1. The Hall–Kier alpha value is -5.44. The summed E-state index contributed by atoms with van der Waals surface area (Å²) in [4.78, 5) is 54.5. The number of benzene rings is 2. The van der Waals surface area contributed by atoms with Gasteiger partial charge in [0.15, 0.2) is 0 Å². The molecule has 2 fully saturated rings. The molecule has 56 heavy (non-hydrogen) atoms. The summed E-state index contributed by atoms with van der Waals surface area (Å²) < 4.78 is 19.1. The van der Waals surface area contributed by atoms with Crippen LogP contribution in [0, 0.1) is 10.1 Å². The van der Waals surface area contributed by atoms with Gasteiger partial charge in [-0.05, 0) is 59.4 Å². The van der Waals surface area contributed by atoms with Crippen molar-refractivity contribution < 1.29 is 28.7 Å². The van der Waals surface area contributed by atoms with Crippen LogP contribution >= 0.6 is 0 Å². The number of hydrogen-bond acceptors (Lipinski definition) is 12. The van der Waals surface area contributed by atoms with E-state index in [1.807, 2.05) is 81.6 Å². The van der Waals surface area contributed by atoms with E-state index in [4.69, 9.17) is 24.2 Å². The number of nitro benzene ring substituents is 1. The number of carbonyl (C=O) groups excluding carboxylic acids is 2. The number of carbonyl (C=O) groups is 2. The molecule has 0 atom stereocenters. The predicted octanol–water partition coefficient (Wildman–Crippen LogP) is 7.51. The van der Waals surface area contributed by atoms with Crippen molar-refractivity contribution in [2.75, 3.05) is 56.6 Å². The molecule has 4 aromatic rings. The van der Waals surface area contributed by atoms with Gasteiger partial charge >= 0.3 is 12.1 Å². The van der Waals surface area contributed by atoms with Gasteiger partial charge in [0.05, 0.1) is 35.2 Å². The Morgan fingerprint density at radius 1 is 0.982 bits per heavy atom. The van der Waals surface area contributed by atoms with Gasteiger partial charge < -0.3 is 33.9 Å². The van der Waals surface area contributed by atoms with E-state index in [2.05, 4.69) is 10.2 Å². The van der Waals surface area contributed by atoms with Crippen molar-refractivity contribution in [3.8, 4) is 17.0 Å². The summed E-state index contributed by atoms with van der Waals surface area (Å²) in [5.41, 5.74) is 3.02. The van der Waals surface area contributed by atoms with Gasteiger partial charge in [-0.25, -0.2) is 19.6 Å². The van der Waals surface area contributed by atoms with Crippen molar-refractivity contribution in [1.82, 2.24) is 24.3 Å². The smallest absolute Gasteiger partial charge is 0.410 e. The van der Waals surface area contributed by atoms with Crippen molar-refractivity contribution in [3.63, 3.8) is 0 Å². The van der Waals surface area contributed by atoms with Crippen LogP contribution in [-0.4, -0.2) is 105 Å². The van der Waals surface area contributed by atoms with E-state index in [1.54, 1.807) is 24.8 Å². The molecule has 2 aromatic heterocycles. The molecule has 6 rings (SSSR count). The molecule has 1 amide bonds. The van der Waals surface area contributed by atoms with Crippen LogP contribution < -0.4 is 15.0 Å². The number of fused-ring (bicyclic) bond motifs is 1. The summed E-state index contributed by atoms with van der Waals surface area (Å²) in [5.74, 6) is -0.179. The maximum atomic E-state index is 13.7. The Morgan fingerprint density at radius 3 is 2.27 bits per heavy atom. The van der Waals surface area contributed by atoms with E-state index in [1.165, 1.54) is 13.2 Å². The van der Waals surface area contributed by atoms with Crippen LogP contribution in [0.4, 0.5) is 27.8 Å². The molecule has 0 radical (unpaired) electrons. The van der Waals surface area contributed by atoms with Gasteiger partial charge in [0.25, 0.3) is 5.69 Å². The maximum Gasteiger partial charge on any atom is 0.410 e. The highest BCUT2D eigenvalue weighted by molar-refractivity contribution is 6.04. The molecule has 300 valence electrons. The molecular weight excluding hydrogens is 716 g/mol. The zero-order chi connectivity index (χ0) is 40.5. The van der Waals surface area contributed by atoms with E-state index in [0.29, 0.717) is 60.7 Å². The molecule has 2 saturated heterocycles. The van der Waals surface area contributed by atoms with Gasteiger partial charge in [0.2, 0.25) is 5.95 Å². The lowest BCUT2D eigenvalue weighted by molar-refractivity contribution is -0.384. The van der Waals surface area contributed by atoms with E-state index < -0.39 is 11.6 Å². The van der Waals surface area contributed by atoms with E-state index >= 15 is 0 Å². The minimum absolute atomic E-state index is 0.0757. The number of nitro groups is 1. The molecule has 15 heteroatoms. The molecule has 0 saturated carbocycles. The first-order valence-corrected chi connectivity index (χ1v) is 19.3. The number of hydrogen-bond donors (Lipinski definition) is 1. The zero-order valence-electron chi connectivity index (χ0n) is 33.9. The number of piperazine rings is 1. The fourth-order valence-corrected chi connectivity index (χ4v) is 7.56. The summed E-state index contributed by atoms with van der Waals surface area (Å²) >= 11 is 0. The minimum atomic E-state index is -0.538. The number of ether oxygens (including phenoxy) is 3. The van der Waals surface area contributed by atoms with E-state index in [0.717, 1.165) is 42.4 Å². The highest BCUT2D eigenvalue weighted by Crippen LogP contribution is 2.42. The summed E-state index contributed by atoms with van der Waals surface area (Å²) in [5, 5.41) is 16.8. The van der Waals surface area contributed by atoms with Crippen molar-refractivity contribution in [2.24, 2.45) is 7.05 Å². The zero-order valence-corrected chi connectivity index (χ0v) is 33.9. The Kier molecular flexibility index (Phi) is 11.7. The summed E-state index contributed by atoms with van der Waals surface area (Å²) in [6, 6.07) is 11.3. The number of anilines is 3. The summed E-state index contributed by atoms with van der Waals surface area (Å²) in [6.07, 6.45) is 2.92. The fourth-order valence-electron chi connectivity index (χ4n) is 7.56. The number of rotatable bonds is 10. The third kappa shape index (κ3) is 8.67. The number of aromatic nitrogens is 3. The standard InChI is InChI=1S/C41H54N8O7/c1-25(2)36-35(38(50)55-26(3)4)37(29-24-45(8)31-13-11-10-12-28(29)31)44-39(43-36)42-30-22-33(49(52)53)32(23-34(30)54-9)47-16-14-27(15-17-47)46-18-20-48(21-19-46)40(51)56-41(5,6)7/h10-13,22-27H,14-21H2,1-9H3,(H,42,43,44). The highest BCUT2D eigenvalue weighted by atomic mass is 16.6. The molecular formula is C41H54N8O7. The van der Waals surface area contributed by atoms with Gasteiger partial charge in [-0.1, -0.05) is 32.0 Å². The van der Waals surface area contributed by atoms with E-state index in [-0.39, 0.29) is 40.2 Å². The molecule has 0 spiro atoms. The first-order valence-electron chi connectivity index (χ1n) is 19.3. The Morgan fingerprint density at radius 2 is 1.66 bits per heavy atom. The van der Waals surface area contributed by atoms with Gasteiger partial charge in [0, 0.05) is 87.2 Å². The number of para-hydroxylation sites is 1. The quantitative estimate of drug-likeness (QED) is 0.0963. The lowest BCUT2D eigenvalue weighted by Crippen LogP contribution is -2.55. The molecule has 2 aliphatic heterocycles. The van der Waals surface area contributed by atoms with Crippen LogP contribution in [0.25, 0.3) is 22.2 Å². The number of esters is 1. The number of piperidine rings is 1. The van der Waals surface area contributed by atoms with Crippen LogP contribution in [0.15, 0.2) is 42.6 Å². The molecule has 0 aliphatic carbocycles. The Labute approximate surface area is 328 Å². The molecule has 0 unspecified atom stereocenters. The summed E-state index contributed by atoms with van der Waals surface area (Å²) in [6.45, 7) is 17.0. The van der Waals surface area contributed by atoms with Crippen molar-refractivity contribution >= 4 is 46.0 Å². The topological polar surface area (TPSA) is 157 Å². The summed E-state index contributed by atoms with van der Waals surface area (Å²) in [7, 11) is 3.46. The molecule has 1 N–H and O–H groups in total. The largest absolute Gasteiger partial charge is 0.494 e. The third-order valence-electron chi connectivity index (χ3n) is 10.2. The molecule has 2 aliphatic rings. The maximum absolute atomic E-state index is 13.7. The van der Waals surface area contributed by atoms with Crippen molar-refractivity contribution in [3.05, 3.63) is 64.0 Å². The first-order chi connectivity index (χ1) is 26.5. The van der Waals surface area contributed by atoms with Crippen molar-refractivity contribution in [2.45, 2.75) is 85.0 Å².